The zero-order chi connectivity index (χ0) is 66.1. The van der Waals surface area contributed by atoms with Gasteiger partial charge in [0, 0.05) is 16.2 Å². The van der Waals surface area contributed by atoms with Crippen molar-refractivity contribution in [3.05, 3.63) is 185 Å². The molecule has 7 aromatic carbocycles. The molecule has 0 bridgehead atoms. The van der Waals surface area contributed by atoms with Gasteiger partial charge in [0.05, 0.1) is 0 Å². The third kappa shape index (κ3) is 17.1. The Kier molecular flexibility index (Phi) is 27.9. The van der Waals surface area contributed by atoms with Gasteiger partial charge in [-0.2, -0.15) is 0 Å². The molecule has 0 radical (unpaired) electrons. The molecule has 0 saturated carbocycles. The van der Waals surface area contributed by atoms with Gasteiger partial charge in [-0.25, -0.2) is 0 Å². The van der Waals surface area contributed by atoms with Crippen LogP contribution in [-0.4, -0.2) is 0 Å². The number of unbranched alkanes of at least 4 members (excludes halogenated alkanes) is 30. The highest BCUT2D eigenvalue weighted by atomic mass is 14.5. The summed E-state index contributed by atoms with van der Waals surface area (Å²) >= 11 is 0. The zero-order valence-electron chi connectivity index (χ0n) is 61.3. The standard InChI is InChI=1S/C95H128/c1-8-15-21-27-33-41-63-93(64-42-34-28-22-16-9-2)87-48-40-39-47-81(87)82-59-54-77(70-88(82)93)78-55-61-85-86-62-57-80(73-92(86)95(91(85)71-78,67-45-37-31-25-19-12-5)68-46-38-32-26-20-13-6)79-56-60-84-83-58-53-76(75-51-49-74(14-7)50-52-75)69-89(83)94(90(84)72-79,65-43-35-29-23-17-10-3)66-44-36-30-24-18-11-4/h14,39-40,47-62,69-73H,7-13,15-38,41-46,63-68H2,1-6H3. The van der Waals surface area contributed by atoms with Crippen LogP contribution in [-0.2, 0) is 16.2 Å². The lowest BCUT2D eigenvalue weighted by Crippen LogP contribution is -2.26. The van der Waals surface area contributed by atoms with E-state index in [4.69, 9.17) is 0 Å². The lowest BCUT2D eigenvalue weighted by Gasteiger charge is -2.34. The molecule has 0 fully saturated rings. The molecule has 3 aliphatic carbocycles. The molecule has 0 nitrogen and oxygen atoms in total. The molecule has 0 aliphatic heterocycles. The minimum Gasteiger partial charge on any atom is -0.0985 e. The van der Waals surface area contributed by atoms with Crippen LogP contribution >= 0.6 is 0 Å². The fourth-order valence-electron chi connectivity index (χ4n) is 18.4. The van der Waals surface area contributed by atoms with Gasteiger partial charge in [0.15, 0.2) is 0 Å². The Bertz CT molecular complexity index is 3420. The summed E-state index contributed by atoms with van der Waals surface area (Å²) in [5.74, 6) is 0. The van der Waals surface area contributed by atoms with Gasteiger partial charge in [0.25, 0.3) is 0 Å². The van der Waals surface area contributed by atoms with E-state index in [1.165, 1.54) is 342 Å². The van der Waals surface area contributed by atoms with Gasteiger partial charge in [-0.05, 0) is 175 Å². The van der Waals surface area contributed by atoms with Crippen molar-refractivity contribution in [1.82, 2.24) is 0 Å². The molecule has 0 atom stereocenters. The van der Waals surface area contributed by atoms with Crippen LogP contribution in [0.1, 0.15) is 350 Å². The van der Waals surface area contributed by atoms with Crippen LogP contribution in [0.2, 0.25) is 0 Å². The maximum Gasteiger partial charge on any atom is 0.0215 e. The van der Waals surface area contributed by atoms with Crippen molar-refractivity contribution in [3.8, 4) is 66.8 Å². The zero-order valence-corrected chi connectivity index (χ0v) is 61.3. The summed E-state index contributed by atoms with van der Waals surface area (Å²) in [7, 11) is 0. The van der Waals surface area contributed by atoms with Gasteiger partial charge in [0.2, 0.25) is 0 Å². The summed E-state index contributed by atoms with van der Waals surface area (Å²) in [5, 5.41) is 0. The smallest absolute Gasteiger partial charge is 0.0215 e. The third-order valence-electron chi connectivity index (χ3n) is 23.9. The SMILES string of the molecule is C=Cc1ccc(-c2ccc3c(c2)C(CCCCCCCC)(CCCCCCCC)c2cc(-c4ccc5c(c4)C(CCCCCCCC)(CCCCCCCC)c4cc(-c6ccc7c(c6)C(CCCCCCCC)(CCCCCCCC)c6ccccc6-7)ccc4-5)ccc2-3)cc1. The van der Waals surface area contributed by atoms with Gasteiger partial charge in [0.1, 0.15) is 0 Å². The summed E-state index contributed by atoms with van der Waals surface area (Å²) in [6.45, 7) is 18.2. The van der Waals surface area contributed by atoms with E-state index in [1.54, 1.807) is 33.4 Å². The van der Waals surface area contributed by atoms with E-state index in [-0.39, 0.29) is 16.2 Å². The fourth-order valence-corrected chi connectivity index (χ4v) is 18.4. The molecule has 0 aromatic heterocycles. The second kappa shape index (κ2) is 36.7. The first kappa shape index (κ1) is 72.0. The largest absolute Gasteiger partial charge is 0.0985 e. The Labute approximate surface area is 581 Å². The molecular weight excluding hydrogens is 1140 g/mol. The first-order valence-electron chi connectivity index (χ1n) is 40.4. The minimum absolute atomic E-state index is 0.0293. The third-order valence-corrected chi connectivity index (χ3v) is 23.9. The summed E-state index contributed by atoms with van der Waals surface area (Å²) in [6, 6.07) is 57.9. The molecule has 508 valence electrons. The predicted molar refractivity (Wildman–Crippen MR) is 419 cm³/mol. The summed E-state index contributed by atoms with van der Waals surface area (Å²) in [6.07, 6.45) is 57.2. The van der Waals surface area contributed by atoms with E-state index in [9.17, 15) is 0 Å². The lowest BCUT2D eigenvalue weighted by molar-refractivity contribution is 0.397. The van der Waals surface area contributed by atoms with Crippen molar-refractivity contribution in [2.75, 3.05) is 0 Å². The minimum atomic E-state index is -0.0506. The van der Waals surface area contributed by atoms with Crippen molar-refractivity contribution in [1.29, 1.82) is 0 Å². The summed E-state index contributed by atoms with van der Waals surface area (Å²) < 4.78 is 0. The number of hydrogen-bond donors (Lipinski definition) is 0. The van der Waals surface area contributed by atoms with Crippen LogP contribution in [0.4, 0.5) is 0 Å². The fraction of sp³-hybridized carbons (Fsp3) is 0.537. The highest BCUT2D eigenvalue weighted by molar-refractivity contribution is 5.90. The maximum absolute atomic E-state index is 4.09. The van der Waals surface area contributed by atoms with Crippen molar-refractivity contribution < 1.29 is 0 Å². The molecule has 3 aliphatic rings. The number of rotatable bonds is 46. The number of benzene rings is 7. The molecule has 7 aromatic rings. The molecule has 0 unspecified atom stereocenters. The van der Waals surface area contributed by atoms with E-state index in [2.05, 4.69) is 188 Å². The summed E-state index contributed by atoms with van der Waals surface area (Å²) in [4.78, 5) is 0. The average Bonchev–Trinajstić information content (AvgIpc) is 1.64. The first-order chi connectivity index (χ1) is 46.8. The maximum atomic E-state index is 4.09. The molecule has 0 spiro atoms. The normalized spacial score (nSPS) is 14.2. The van der Waals surface area contributed by atoms with E-state index in [0.717, 1.165) is 0 Å². The van der Waals surface area contributed by atoms with E-state index < -0.39 is 0 Å². The van der Waals surface area contributed by atoms with Gasteiger partial charge in [-0.1, -0.05) is 395 Å². The van der Waals surface area contributed by atoms with Crippen molar-refractivity contribution in [3.63, 3.8) is 0 Å². The molecule has 95 heavy (non-hydrogen) atoms. The molecule has 0 heteroatoms. The van der Waals surface area contributed by atoms with Crippen molar-refractivity contribution >= 4 is 6.08 Å². The second-order valence-electron chi connectivity index (χ2n) is 30.5. The predicted octanol–water partition coefficient (Wildman–Crippen LogP) is 30.6. The van der Waals surface area contributed by atoms with E-state index in [0.29, 0.717) is 0 Å². The molecule has 0 heterocycles. The molecule has 0 saturated heterocycles. The quantitative estimate of drug-likeness (QED) is 0.0334. The Morgan fingerprint density at radius 2 is 0.432 bits per heavy atom. The van der Waals surface area contributed by atoms with Gasteiger partial charge < -0.3 is 0 Å². The second-order valence-corrected chi connectivity index (χ2v) is 30.5. The molecule has 0 amide bonds. The van der Waals surface area contributed by atoms with E-state index in [1.807, 2.05) is 6.08 Å². The van der Waals surface area contributed by atoms with Crippen LogP contribution in [0.15, 0.2) is 146 Å². The van der Waals surface area contributed by atoms with Gasteiger partial charge in [-0.3, -0.25) is 0 Å². The topological polar surface area (TPSA) is 0 Å². The Morgan fingerprint density at radius 1 is 0.221 bits per heavy atom. The van der Waals surface area contributed by atoms with Crippen LogP contribution in [0.25, 0.3) is 72.8 Å². The Balaban J connectivity index is 1.08. The van der Waals surface area contributed by atoms with Crippen LogP contribution < -0.4 is 0 Å². The average molecular weight is 1270 g/mol. The highest BCUT2D eigenvalue weighted by Crippen LogP contribution is 2.60. The van der Waals surface area contributed by atoms with Gasteiger partial charge in [-0.15, -0.1) is 0 Å². The molecule has 0 N–H and O–H groups in total. The monoisotopic (exact) mass is 1270 g/mol. The van der Waals surface area contributed by atoms with Gasteiger partial charge >= 0.3 is 0 Å². The number of hydrogen-bond acceptors (Lipinski definition) is 0. The van der Waals surface area contributed by atoms with Crippen LogP contribution in [0.5, 0.6) is 0 Å². The van der Waals surface area contributed by atoms with Crippen molar-refractivity contribution in [2.45, 2.75) is 327 Å². The lowest BCUT2D eigenvalue weighted by atomic mass is 9.69. The molecular formula is C95H128. The highest BCUT2D eigenvalue weighted by Gasteiger charge is 2.46. The first-order valence-corrected chi connectivity index (χ1v) is 40.4. The molecule has 10 rings (SSSR count). The Morgan fingerprint density at radius 3 is 0.695 bits per heavy atom. The summed E-state index contributed by atoms with van der Waals surface area (Å²) in [5.41, 5.74) is 28.1. The number of fused-ring (bicyclic) bond motifs is 9. The van der Waals surface area contributed by atoms with E-state index >= 15 is 0 Å². The Hall–Kier alpha value is -5.72. The van der Waals surface area contributed by atoms with Crippen LogP contribution in [0, 0.1) is 0 Å². The van der Waals surface area contributed by atoms with Crippen LogP contribution in [0.3, 0.4) is 0 Å². The van der Waals surface area contributed by atoms with Crippen molar-refractivity contribution in [2.24, 2.45) is 0 Å².